The molecule has 8 heteroatoms. The third-order valence-corrected chi connectivity index (χ3v) is 4.52. The molecular formula is C18H20N6O2. The van der Waals surface area contributed by atoms with E-state index in [4.69, 9.17) is 16.2 Å². The summed E-state index contributed by atoms with van der Waals surface area (Å²) in [4.78, 5) is 23.9. The van der Waals surface area contributed by atoms with Crippen LogP contribution >= 0.6 is 0 Å². The lowest BCUT2D eigenvalue weighted by Crippen LogP contribution is -2.47. The number of ether oxygens (including phenoxy) is 1. The summed E-state index contributed by atoms with van der Waals surface area (Å²) < 4.78 is 5.36. The van der Waals surface area contributed by atoms with Crippen LogP contribution in [0.1, 0.15) is 16.9 Å². The molecule has 3 heterocycles. The number of fused-ring (bicyclic) bond motifs is 1. The Morgan fingerprint density at radius 1 is 1.35 bits per heavy atom. The van der Waals surface area contributed by atoms with Crippen molar-refractivity contribution in [3.63, 3.8) is 0 Å². The van der Waals surface area contributed by atoms with Gasteiger partial charge in [0.25, 0.3) is 5.91 Å². The molecule has 134 valence electrons. The van der Waals surface area contributed by atoms with E-state index < -0.39 is 5.91 Å². The van der Waals surface area contributed by atoms with Crippen LogP contribution in [-0.2, 0) is 4.74 Å². The number of hydrogen-bond donors (Lipinski definition) is 4. The van der Waals surface area contributed by atoms with Crippen molar-refractivity contribution in [2.45, 2.75) is 18.5 Å². The van der Waals surface area contributed by atoms with Crippen LogP contribution in [0.25, 0.3) is 22.3 Å². The van der Waals surface area contributed by atoms with Crippen molar-refractivity contribution in [1.29, 1.82) is 0 Å². The second-order valence-corrected chi connectivity index (χ2v) is 6.37. The summed E-state index contributed by atoms with van der Waals surface area (Å²) in [5.41, 5.74) is 13.8. The number of amides is 1. The molecule has 2 atom stereocenters. The van der Waals surface area contributed by atoms with Gasteiger partial charge in [0, 0.05) is 29.6 Å². The number of primary amides is 1. The average Bonchev–Trinajstić information content (AvgIpc) is 3.07. The minimum Gasteiger partial charge on any atom is -0.380 e. The van der Waals surface area contributed by atoms with Gasteiger partial charge in [0.2, 0.25) is 0 Å². The molecule has 8 nitrogen and oxygen atoms in total. The van der Waals surface area contributed by atoms with Crippen LogP contribution in [0, 0.1) is 0 Å². The van der Waals surface area contributed by atoms with Crippen LogP contribution in [0.2, 0.25) is 0 Å². The third kappa shape index (κ3) is 3.12. The predicted octanol–water partition coefficient (Wildman–Crippen LogP) is 1.25. The molecule has 0 spiro atoms. The lowest BCUT2D eigenvalue weighted by Gasteiger charge is -2.29. The van der Waals surface area contributed by atoms with Crippen LogP contribution in [0.5, 0.6) is 0 Å². The summed E-state index contributed by atoms with van der Waals surface area (Å²) in [6, 6.07) is 9.66. The highest BCUT2D eigenvalue weighted by Gasteiger charge is 2.24. The van der Waals surface area contributed by atoms with Crippen molar-refractivity contribution in [3.05, 3.63) is 42.2 Å². The van der Waals surface area contributed by atoms with Crippen molar-refractivity contribution >= 4 is 22.6 Å². The fourth-order valence-corrected chi connectivity index (χ4v) is 3.16. The van der Waals surface area contributed by atoms with E-state index in [0.29, 0.717) is 30.4 Å². The number of carbonyl (C=O) groups is 1. The van der Waals surface area contributed by atoms with Gasteiger partial charge in [-0.2, -0.15) is 0 Å². The number of nitrogens with two attached hydrogens (primary N) is 2. The van der Waals surface area contributed by atoms with Gasteiger partial charge in [0.15, 0.2) is 5.69 Å². The fourth-order valence-electron chi connectivity index (χ4n) is 3.16. The number of hydrogen-bond acceptors (Lipinski definition) is 6. The monoisotopic (exact) mass is 352 g/mol. The smallest absolute Gasteiger partial charge is 0.269 e. The van der Waals surface area contributed by atoms with E-state index in [0.717, 1.165) is 17.3 Å². The molecule has 0 saturated carbocycles. The lowest BCUT2D eigenvalue weighted by atomic mass is 10.0. The summed E-state index contributed by atoms with van der Waals surface area (Å²) >= 11 is 0. The van der Waals surface area contributed by atoms with Gasteiger partial charge in [-0.25, -0.2) is 9.97 Å². The Bertz CT molecular complexity index is 921. The number of nitrogens with zero attached hydrogens (tertiary/aromatic N) is 2. The number of aromatic nitrogens is 3. The number of nitrogens with one attached hydrogen (secondary N) is 2. The minimum atomic E-state index is -0.625. The molecule has 1 aromatic carbocycles. The van der Waals surface area contributed by atoms with Crippen LogP contribution < -0.4 is 16.8 Å². The zero-order chi connectivity index (χ0) is 18.1. The van der Waals surface area contributed by atoms with Gasteiger partial charge in [-0.1, -0.05) is 18.2 Å². The van der Waals surface area contributed by atoms with Crippen LogP contribution in [0.3, 0.4) is 0 Å². The first-order chi connectivity index (χ1) is 12.6. The Morgan fingerprint density at radius 3 is 2.96 bits per heavy atom. The number of carbonyl (C=O) groups excluding carboxylic acids is 1. The number of benzene rings is 1. The zero-order valence-corrected chi connectivity index (χ0v) is 14.1. The molecule has 1 amide bonds. The molecule has 0 radical (unpaired) electrons. The standard InChI is InChI=1S/C18H20N6O2/c19-11-9-26-6-5-13(11)23-15-8-21-17(18(20)25)16(24-15)14-7-10-3-1-2-4-12(10)22-14/h1-4,7-8,11,13,22H,5-6,9,19H2,(H2,20,25)(H,23,24). The highest BCUT2D eigenvalue weighted by Crippen LogP contribution is 2.26. The fraction of sp³-hybridized carbons (Fsp3) is 0.278. The number of aromatic amines is 1. The van der Waals surface area contributed by atoms with Gasteiger partial charge in [0.05, 0.1) is 18.5 Å². The first kappa shape index (κ1) is 16.5. The SMILES string of the molecule is NC(=O)c1ncc(NC2CCOCC2N)nc1-c1cc2ccccc2[nH]1. The van der Waals surface area contributed by atoms with E-state index in [-0.39, 0.29) is 17.8 Å². The highest BCUT2D eigenvalue weighted by atomic mass is 16.5. The number of anilines is 1. The summed E-state index contributed by atoms with van der Waals surface area (Å²) in [5.74, 6) is -0.0773. The number of rotatable bonds is 4. The maximum absolute atomic E-state index is 11.8. The van der Waals surface area contributed by atoms with Gasteiger partial charge in [-0.15, -0.1) is 0 Å². The molecule has 3 aromatic rings. The number of para-hydroxylation sites is 1. The molecular weight excluding hydrogens is 332 g/mol. The maximum atomic E-state index is 11.8. The van der Waals surface area contributed by atoms with Gasteiger partial charge in [-0.05, 0) is 18.6 Å². The third-order valence-electron chi connectivity index (χ3n) is 4.52. The van der Waals surface area contributed by atoms with Crippen molar-refractivity contribution in [3.8, 4) is 11.4 Å². The van der Waals surface area contributed by atoms with E-state index in [2.05, 4.69) is 20.3 Å². The largest absolute Gasteiger partial charge is 0.380 e. The summed E-state index contributed by atoms with van der Waals surface area (Å²) in [6.45, 7) is 1.15. The molecule has 4 rings (SSSR count). The quantitative estimate of drug-likeness (QED) is 0.559. The lowest BCUT2D eigenvalue weighted by molar-refractivity contribution is 0.0752. The molecule has 1 aliphatic rings. The van der Waals surface area contributed by atoms with Gasteiger partial charge < -0.3 is 26.5 Å². The maximum Gasteiger partial charge on any atom is 0.269 e. The molecule has 6 N–H and O–H groups in total. The van der Waals surface area contributed by atoms with Crippen molar-refractivity contribution in [2.24, 2.45) is 11.5 Å². The van der Waals surface area contributed by atoms with E-state index in [1.807, 2.05) is 30.3 Å². The molecule has 0 bridgehead atoms. The predicted molar refractivity (Wildman–Crippen MR) is 98.7 cm³/mol. The summed E-state index contributed by atoms with van der Waals surface area (Å²) in [7, 11) is 0. The van der Waals surface area contributed by atoms with Crippen LogP contribution in [0.4, 0.5) is 5.82 Å². The molecule has 2 aromatic heterocycles. The van der Waals surface area contributed by atoms with Crippen LogP contribution in [0.15, 0.2) is 36.5 Å². The average molecular weight is 352 g/mol. The molecule has 1 aliphatic heterocycles. The Labute approximate surface area is 150 Å². The van der Waals surface area contributed by atoms with E-state index >= 15 is 0 Å². The first-order valence-electron chi connectivity index (χ1n) is 8.46. The van der Waals surface area contributed by atoms with Gasteiger partial charge in [-0.3, -0.25) is 4.79 Å². The van der Waals surface area contributed by atoms with Crippen molar-refractivity contribution < 1.29 is 9.53 Å². The second kappa shape index (κ2) is 6.74. The molecule has 1 fully saturated rings. The summed E-state index contributed by atoms with van der Waals surface area (Å²) in [6.07, 6.45) is 2.29. The molecule has 26 heavy (non-hydrogen) atoms. The van der Waals surface area contributed by atoms with Crippen molar-refractivity contribution in [1.82, 2.24) is 15.0 Å². The molecule has 0 aliphatic carbocycles. The van der Waals surface area contributed by atoms with Crippen molar-refractivity contribution in [2.75, 3.05) is 18.5 Å². The zero-order valence-electron chi connectivity index (χ0n) is 14.1. The second-order valence-electron chi connectivity index (χ2n) is 6.37. The Morgan fingerprint density at radius 2 is 2.19 bits per heavy atom. The highest BCUT2D eigenvalue weighted by molar-refractivity contribution is 5.98. The van der Waals surface area contributed by atoms with Gasteiger partial charge >= 0.3 is 0 Å². The van der Waals surface area contributed by atoms with Gasteiger partial charge in [0.1, 0.15) is 11.5 Å². The molecule has 1 saturated heterocycles. The Hall–Kier alpha value is -2.97. The Balaban J connectivity index is 1.72. The minimum absolute atomic E-state index is 0.0352. The normalized spacial score (nSPS) is 20.2. The topological polar surface area (TPSA) is 132 Å². The first-order valence-corrected chi connectivity index (χ1v) is 8.46. The van der Waals surface area contributed by atoms with E-state index in [9.17, 15) is 4.79 Å². The number of H-pyrrole nitrogens is 1. The Kier molecular flexibility index (Phi) is 4.27. The molecule has 2 unspecified atom stereocenters. The van der Waals surface area contributed by atoms with E-state index in [1.54, 1.807) is 0 Å². The van der Waals surface area contributed by atoms with Crippen LogP contribution in [-0.4, -0.2) is 46.2 Å². The van der Waals surface area contributed by atoms with E-state index in [1.165, 1.54) is 6.20 Å². The summed E-state index contributed by atoms with van der Waals surface area (Å²) in [5, 5.41) is 4.31.